The van der Waals surface area contributed by atoms with Gasteiger partial charge in [-0.2, -0.15) is 5.10 Å². The molecule has 1 saturated heterocycles. The number of hydrogen-bond acceptors (Lipinski definition) is 6. The molecule has 0 bridgehead atoms. The monoisotopic (exact) mass is 443 g/mol. The molecular formula is C21H22ClN5O2S. The average molecular weight is 444 g/mol. The molecule has 1 aromatic carbocycles. The molecule has 2 aliphatic heterocycles. The first-order valence-electron chi connectivity index (χ1n) is 10.0. The molecule has 0 unspecified atom stereocenters. The second-order valence-electron chi connectivity index (χ2n) is 8.22. The number of nitrogens with zero attached hydrogens (tertiary/aromatic N) is 5. The highest BCUT2D eigenvalue weighted by atomic mass is 35.5. The van der Waals surface area contributed by atoms with Gasteiger partial charge in [-0.3, -0.25) is 19.1 Å². The summed E-state index contributed by atoms with van der Waals surface area (Å²) in [6.45, 7) is 5.31. The number of halogens is 1. The van der Waals surface area contributed by atoms with Crippen LogP contribution >= 0.6 is 22.9 Å². The van der Waals surface area contributed by atoms with E-state index in [1.807, 2.05) is 36.6 Å². The molecule has 9 heteroatoms. The van der Waals surface area contributed by atoms with Crippen LogP contribution < -0.4 is 11.1 Å². The zero-order valence-electron chi connectivity index (χ0n) is 16.7. The van der Waals surface area contributed by atoms with Gasteiger partial charge >= 0.3 is 11.1 Å². The number of aryl methyl sites for hydroxylation is 1. The molecule has 3 aromatic rings. The molecule has 0 aliphatic carbocycles. The average Bonchev–Trinajstić information content (AvgIpc) is 3.42. The van der Waals surface area contributed by atoms with Gasteiger partial charge in [-0.25, -0.2) is 9.67 Å². The number of fused-ring (bicyclic) bond motifs is 2. The van der Waals surface area contributed by atoms with E-state index in [1.165, 1.54) is 21.6 Å². The quantitative estimate of drug-likeness (QED) is 0.579. The van der Waals surface area contributed by atoms with Crippen molar-refractivity contribution in [3.05, 3.63) is 77.5 Å². The van der Waals surface area contributed by atoms with Crippen molar-refractivity contribution in [3.63, 3.8) is 0 Å². The minimum absolute atomic E-state index is 0.182. The maximum atomic E-state index is 12.8. The Morgan fingerprint density at radius 1 is 1.10 bits per heavy atom. The highest BCUT2D eigenvalue weighted by Crippen LogP contribution is 2.40. The van der Waals surface area contributed by atoms with Crippen LogP contribution in [0.4, 0.5) is 0 Å². The van der Waals surface area contributed by atoms with Crippen molar-refractivity contribution in [2.24, 2.45) is 0 Å². The summed E-state index contributed by atoms with van der Waals surface area (Å²) in [5.74, 6) is 0.748. The summed E-state index contributed by atoms with van der Waals surface area (Å²) in [7, 11) is 0. The summed E-state index contributed by atoms with van der Waals surface area (Å²) in [4.78, 5) is 32.2. The van der Waals surface area contributed by atoms with Crippen LogP contribution in [0.1, 0.15) is 34.9 Å². The van der Waals surface area contributed by atoms with Crippen LogP contribution in [0.3, 0.4) is 0 Å². The van der Waals surface area contributed by atoms with E-state index in [0.29, 0.717) is 6.54 Å². The van der Waals surface area contributed by atoms with Crippen molar-refractivity contribution < 1.29 is 0 Å². The smallest absolute Gasteiger partial charge is 0.298 e. The third kappa shape index (κ3) is 3.42. The molecule has 7 nitrogen and oxygen atoms in total. The largest absolute Gasteiger partial charge is 0.332 e. The van der Waals surface area contributed by atoms with Crippen LogP contribution in [-0.2, 0) is 25.0 Å². The minimum Gasteiger partial charge on any atom is -0.298 e. The van der Waals surface area contributed by atoms with Crippen molar-refractivity contribution in [1.82, 2.24) is 24.2 Å². The van der Waals surface area contributed by atoms with E-state index in [-0.39, 0.29) is 12.0 Å². The van der Waals surface area contributed by atoms with Crippen molar-refractivity contribution in [1.29, 1.82) is 0 Å². The lowest BCUT2D eigenvalue weighted by atomic mass is 9.85. The van der Waals surface area contributed by atoms with E-state index in [2.05, 4.69) is 9.88 Å². The van der Waals surface area contributed by atoms with Crippen molar-refractivity contribution in [2.75, 3.05) is 13.1 Å². The molecule has 0 amide bonds. The number of rotatable bonds is 4. The fourth-order valence-corrected chi connectivity index (χ4v) is 5.37. The lowest BCUT2D eigenvalue weighted by Crippen LogP contribution is -2.45. The molecule has 0 radical (unpaired) electrons. The maximum absolute atomic E-state index is 12.8. The van der Waals surface area contributed by atoms with Gasteiger partial charge in [0.25, 0.3) is 0 Å². The summed E-state index contributed by atoms with van der Waals surface area (Å²) in [5, 5.41) is 8.27. The Kier molecular flexibility index (Phi) is 4.88. The summed E-state index contributed by atoms with van der Waals surface area (Å²) in [5.41, 5.74) is 0.749. The van der Waals surface area contributed by atoms with Gasteiger partial charge in [0.1, 0.15) is 5.82 Å². The van der Waals surface area contributed by atoms with E-state index in [0.717, 1.165) is 54.0 Å². The fraction of sp³-hybridized carbons (Fsp3) is 0.429. The van der Waals surface area contributed by atoms with Gasteiger partial charge in [0.05, 0.1) is 17.2 Å². The van der Waals surface area contributed by atoms with Crippen LogP contribution in [0.5, 0.6) is 0 Å². The van der Waals surface area contributed by atoms with Crippen molar-refractivity contribution >= 4 is 22.9 Å². The van der Waals surface area contributed by atoms with Gasteiger partial charge in [-0.1, -0.05) is 23.7 Å². The molecule has 1 atom stereocenters. The normalized spacial score (nSPS) is 20.9. The minimum atomic E-state index is -0.572. The number of likely N-dealkylation sites (tertiary alicyclic amines) is 1. The Morgan fingerprint density at radius 2 is 1.87 bits per heavy atom. The van der Waals surface area contributed by atoms with E-state index in [9.17, 15) is 9.59 Å². The van der Waals surface area contributed by atoms with E-state index >= 15 is 0 Å². The van der Waals surface area contributed by atoms with Crippen LogP contribution in [0, 0.1) is 6.92 Å². The summed E-state index contributed by atoms with van der Waals surface area (Å²) in [6.07, 6.45) is 1.77. The van der Waals surface area contributed by atoms with E-state index in [1.54, 1.807) is 4.57 Å². The second-order valence-corrected chi connectivity index (χ2v) is 9.72. The second kappa shape index (κ2) is 7.44. The highest BCUT2D eigenvalue weighted by Gasteiger charge is 2.47. The summed E-state index contributed by atoms with van der Waals surface area (Å²) < 4.78 is 2.90. The van der Waals surface area contributed by atoms with Crippen molar-refractivity contribution in [2.45, 2.75) is 44.8 Å². The third-order valence-electron chi connectivity index (χ3n) is 6.15. The lowest BCUT2D eigenvalue weighted by molar-refractivity contribution is 0.298. The van der Waals surface area contributed by atoms with Gasteiger partial charge in [0.2, 0.25) is 0 Å². The number of aromatic nitrogens is 4. The fourth-order valence-electron chi connectivity index (χ4n) is 4.64. The topological polar surface area (TPSA) is 73.0 Å². The number of benzene rings is 1. The van der Waals surface area contributed by atoms with Crippen LogP contribution in [0.2, 0.25) is 5.02 Å². The van der Waals surface area contributed by atoms with E-state index < -0.39 is 11.1 Å². The molecule has 2 aliphatic rings. The summed E-state index contributed by atoms with van der Waals surface area (Å²) in [6, 6.07) is 7.92. The lowest BCUT2D eigenvalue weighted by Gasteiger charge is -2.23. The first-order valence-corrected chi connectivity index (χ1v) is 11.3. The molecule has 4 heterocycles. The SMILES string of the molecule is Cc1nc(Cn2nc3n(c(=O)c2=O)CC[C@]32CCN(Cc3ccc(Cl)cc3)C2)cs1. The molecule has 30 heavy (non-hydrogen) atoms. The van der Waals surface area contributed by atoms with Crippen LogP contribution in [0.15, 0.2) is 39.2 Å². The van der Waals surface area contributed by atoms with Crippen molar-refractivity contribution in [3.8, 4) is 0 Å². The van der Waals surface area contributed by atoms with Gasteiger partial charge in [-0.05, 0) is 44.0 Å². The van der Waals surface area contributed by atoms with Crippen LogP contribution in [-0.4, -0.2) is 37.3 Å². The van der Waals surface area contributed by atoms with Gasteiger partial charge in [-0.15, -0.1) is 11.3 Å². The van der Waals surface area contributed by atoms with E-state index in [4.69, 9.17) is 16.7 Å². The molecule has 5 rings (SSSR count). The summed E-state index contributed by atoms with van der Waals surface area (Å²) >= 11 is 7.53. The predicted molar refractivity (Wildman–Crippen MR) is 116 cm³/mol. The first kappa shape index (κ1) is 19.7. The molecule has 156 valence electrons. The maximum Gasteiger partial charge on any atom is 0.332 e. The predicted octanol–water partition coefficient (Wildman–Crippen LogP) is 2.42. The molecule has 1 fully saturated rings. The molecular weight excluding hydrogens is 422 g/mol. The van der Waals surface area contributed by atoms with Gasteiger partial charge < -0.3 is 0 Å². The first-order chi connectivity index (χ1) is 14.4. The molecule has 0 saturated carbocycles. The Balaban J connectivity index is 1.44. The zero-order valence-corrected chi connectivity index (χ0v) is 18.2. The third-order valence-corrected chi connectivity index (χ3v) is 7.23. The Bertz CT molecular complexity index is 1220. The van der Waals surface area contributed by atoms with Gasteiger partial charge in [0, 0.05) is 35.5 Å². The van der Waals surface area contributed by atoms with Gasteiger partial charge in [0.15, 0.2) is 0 Å². The standard InChI is InChI=1S/C21H22ClN5O2S/c1-14-23-17(12-30-14)11-27-19(29)18(28)26-9-7-21(20(26)24-27)6-8-25(13-21)10-15-2-4-16(22)5-3-15/h2-5,12H,6-11,13H2,1H3/t21-/m0/s1. The molecule has 2 aromatic heterocycles. The Morgan fingerprint density at radius 3 is 2.60 bits per heavy atom. The number of thiazole rings is 1. The Labute approximate surface area is 182 Å². The molecule has 1 spiro atoms. The highest BCUT2D eigenvalue weighted by molar-refractivity contribution is 7.09. The number of hydrogen-bond donors (Lipinski definition) is 0. The Hall–Kier alpha value is -2.29. The van der Waals surface area contributed by atoms with Crippen LogP contribution in [0.25, 0.3) is 0 Å². The zero-order chi connectivity index (χ0) is 20.9. The molecule has 0 N–H and O–H groups in total.